The van der Waals surface area contributed by atoms with Crippen molar-refractivity contribution in [3.8, 4) is 0 Å². The molecular weight excluding hydrogens is 332 g/mol. The normalized spacial score (nSPS) is 24.5. The van der Waals surface area contributed by atoms with Gasteiger partial charge in [-0.05, 0) is 37.2 Å². The molecule has 1 aliphatic heterocycles. The number of nitrogens with zero attached hydrogens (tertiary/aromatic N) is 1. The molecule has 0 unspecified atom stereocenters. The van der Waals surface area contributed by atoms with E-state index in [1.165, 1.54) is 5.56 Å². The van der Waals surface area contributed by atoms with Crippen molar-refractivity contribution in [3.05, 3.63) is 35.9 Å². The summed E-state index contributed by atoms with van der Waals surface area (Å²) in [4.78, 5) is 25.6. The van der Waals surface area contributed by atoms with Gasteiger partial charge in [0.05, 0.1) is 12.0 Å². The van der Waals surface area contributed by atoms with Crippen LogP contribution in [0.4, 0.5) is 4.79 Å². The van der Waals surface area contributed by atoms with Crippen LogP contribution in [0.15, 0.2) is 30.3 Å². The fourth-order valence-corrected chi connectivity index (χ4v) is 4.21. The van der Waals surface area contributed by atoms with Crippen LogP contribution in [-0.2, 0) is 16.0 Å². The molecule has 6 nitrogen and oxygen atoms in total. The van der Waals surface area contributed by atoms with E-state index in [0.717, 1.165) is 25.7 Å². The van der Waals surface area contributed by atoms with Crippen LogP contribution in [0.3, 0.4) is 0 Å². The van der Waals surface area contributed by atoms with Gasteiger partial charge in [0.1, 0.15) is 0 Å². The lowest BCUT2D eigenvalue weighted by molar-refractivity contribution is -0.149. The Labute approximate surface area is 154 Å². The molecule has 26 heavy (non-hydrogen) atoms. The first-order valence-electron chi connectivity index (χ1n) is 9.50. The van der Waals surface area contributed by atoms with Gasteiger partial charge in [-0.25, -0.2) is 4.79 Å². The van der Waals surface area contributed by atoms with E-state index in [9.17, 15) is 14.7 Å². The summed E-state index contributed by atoms with van der Waals surface area (Å²) in [6.07, 6.45) is 4.19. The molecule has 2 N–H and O–H groups in total. The van der Waals surface area contributed by atoms with Crippen molar-refractivity contribution in [2.75, 3.05) is 32.8 Å². The molecule has 1 aliphatic carbocycles. The first-order valence-corrected chi connectivity index (χ1v) is 9.50. The Morgan fingerprint density at radius 1 is 1.27 bits per heavy atom. The van der Waals surface area contributed by atoms with E-state index in [1.54, 1.807) is 4.90 Å². The highest BCUT2D eigenvalue weighted by Crippen LogP contribution is 2.48. The standard InChI is InChI=1S/C20H28N2O4/c23-18(24)20-10-4-8-17(20)14-22(15-20)19(25)21-11-5-12-26-13-9-16-6-2-1-3-7-16/h1-3,6-7,17H,4-5,8-15H2,(H,21,25)(H,23,24)/t17-,20+/m0/s1. The van der Waals surface area contributed by atoms with Crippen LogP contribution in [0, 0.1) is 11.3 Å². The third-order valence-electron chi connectivity index (χ3n) is 5.70. The van der Waals surface area contributed by atoms with Crippen molar-refractivity contribution in [2.45, 2.75) is 32.1 Å². The zero-order valence-corrected chi connectivity index (χ0v) is 15.2. The predicted octanol–water partition coefficient (Wildman–Crippen LogP) is 2.53. The van der Waals surface area contributed by atoms with Gasteiger partial charge < -0.3 is 20.1 Å². The molecule has 0 aromatic heterocycles. The summed E-state index contributed by atoms with van der Waals surface area (Å²) in [5.41, 5.74) is 0.547. The maximum Gasteiger partial charge on any atom is 0.317 e. The zero-order valence-electron chi connectivity index (χ0n) is 15.2. The third kappa shape index (κ3) is 4.18. The smallest absolute Gasteiger partial charge is 0.317 e. The Bertz CT molecular complexity index is 621. The van der Waals surface area contributed by atoms with E-state index >= 15 is 0 Å². The number of rotatable bonds is 8. The average molecular weight is 360 g/mol. The largest absolute Gasteiger partial charge is 0.481 e. The van der Waals surface area contributed by atoms with Crippen LogP contribution < -0.4 is 5.32 Å². The molecule has 1 heterocycles. The fourth-order valence-electron chi connectivity index (χ4n) is 4.21. The van der Waals surface area contributed by atoms with Crippen molar-refractivity contribution in [1.29, 1.82) is 0 Å². The zero-order chi connectivity index (χ0) is 18.4. The number of fused-ring (bicyclic) bond motifs is 1. The number of nitrogens with one attached hydrogen (secondary N) is 1. The molecule has 3 rings (SSSR count). The molecule has 2 atom stereocenters. The second-order valence-electron chi connectivity index (χ2n) is 7.36. The van der Waals surface area contributed by atoms with Gasteiger partial charge in [0.25, 0.3) is 0 Å². The topological polar surface area (TPSA) is 78.9 Å². The third-order valence-corrected chi connectivity index (χ3v) is 5.70. The minimum atomic E-state index is -0.748. The quantitative estimate of drug-likeness (QED) is 0.698. The number of carboxylic acids is 1. The average Bonchev–Trinajstić information content (AvgIpc) is 3.20. The van der Waals surface area contributed by atoms with Gasteiger partial charge in [-0.3, -0.25) is 4.79 Å². The molecule has 2 amide bonds. The van der Waals surface area contributed by atoms with E-state index in [1.807, 2.05) is 18.2 Å². The van der Waals surface area contributed by atoms with Crippen molar-refractivity contribution >= 4 is 12.0 Å². The maximum atomic E-state index is 12.3. The minimum Gasteiger partial charge on any atom is -0.481 e. The first kappa shape index (κ1) is 18.7. The molecule has 2 fully saturated rings. The molecule has 1 saturated carbocycles. The highest BCUT2D eigenvalue weighted by atomic mass is 16.5. The van der Waals surface area contributed by atoms with E-state index < -0.39 is 11.4 Å². The Kier molecular flexibility index (Phi) is 6.14. The summed E-state index contributed by atoms with van der Waals surface area (Å²) in [7, 11) is 0. The summed E-state index contributed by atoms with van der Waals surface area (Å²) in [5.74, 6) is -0.644. The number of hydrogen-bond acceptors (Lipinski definition) is 3. The number of hydrogen-bond donors (Lipinski definition) is 2. The highest BCUT2D eigenvalue weighted by Gasteiger charge is 2.55. The maximum absolute atomic E-state index is 12.3. The number of carboxylic acid groups (broad SMARTS) is 1. The fraction of sp³-hybridized carbons (Fsp3) is 0.600. The van der Waals surface area contributed by atoms with E-state index in [-0.39, 0.29) is 11.9 Å². The van der Waals surface area contributed by atoms with Gasteiger partial charge in [-0.15, -0.1) is 0 Å². The van der Waals surface area contributed by atoms with Crippen LogP contribution in [0.5, 0.6) is 0 Å². The van der Waals surface area contributed by atoms with Gasteiger partial charge in [0.2, 0.25) is 0 Å². The highest BCUT2D eigenvalue weighted by molar-refractivity contribution is 5.80. The molecule has 1 aromatic carbocycles. The second-order valence-corrected chi connectivity index (χ2v) is 7.36. The van der Waals surface area contributed by atoms with E-state index in [0.29, 0.717) is 39.3 Å². The van der Waals surface area contributed by atoms with Gasteiger partial charge in [-0.1, -0.05) is 36.8 Å². The summed E-state index contributed by atoms with van der Waals surface area (Å²) < 4.78 is 5.61. The van der Waals surface area contributed by atoms with Gasteiger partial charge in [-0.2, -0.15) is 0 Å². The molecule has 0 spiro atoms. The minimum absolute atomic E-state index is 0.104. The Morgan fingerprint density at radius 3 is 2.81 bits per heavy atom. The number of urea groups is 1. The summed E-state index contributed by atoms with van der Waals surface area (Å²) in [6.45, 7) is 2.73. The van der Waals surface area contributed by atoms with Crippen molar-refractivity contribution in [1.82, 2.24) is 10.2 Å². The van der Waals surface area contributed by atoms with Crippen LogP contribution in [-0.4, -0.2) is 54.9 Å². The van der Waals surface area contributed by atoms with Gasteiger partial charge in [0.15, 0.2) is 0 Å². The monoisotopic (exact) mass is 360 g/mol. The molecule has 0 radical (unpaired) electrons. The molecule has 142 valence electrons. The number of amides is 2. The summed E-state index contributed by atoms with van der Waals surface area (Å²) in [6, 6.07) is 10.1. The lowest BCUT2D eigenvalue weighted by Crippen LogP contribution is -2.42. The molecule has 6 heteroatoms. The molecular formula is C20H28N2O4. The number of carbonyl (C=O) groups excluding carboxylic acids is 1. The molecule has 1 aromatic rings. The van der Waals surface area contributed by atoms with Crippen molar-refractivity contribution < 1.29 is 19.4 Å². The van der Waals surface area contributed by atoms with Crippen LogP contribution >= 0.6 is 0 Å². The van der Waals surface area contributed by atoms with Crippen molar-refractivity contribution in [3.63, 3.8) is 0 Å². The summed E-state index contributed by atoms with van der Waals surface area (Å²) >= 11 is 0. The van der Waals surface area contributed by atoms with Gasteiger partial charge in [0, 0.05) is 26.2 Å². The number of aliphatic carboxylic acids is 1. The predicted molar refractivity (Wildman–Crippen MR) is 98.0 cm³/mol. The number of likely N-dealkylation sites (tertiary alicyclic amines) is 1. The lowest BCUT2D eigenvalue weighted by Gasteiger charge is -2.23. The van der Waals surface area contributed by atoms with E-state index in [4.69, 9.17) is 4.74 Å². The van der Waals surface area contributed by atoms with Crippen molar-refractivity contribution in [2.24, 2.45) is 11.3 Å². The molecule has 0 bridgehead atoms. The van der Waals surface area contributed by atoms with Crippen LogP contribution in [0.2, 0.25) is 0 Å². The Morgan fingerprint density at radius 2 is 2.08 bits per heavy atom. The SMILES string of the molecule is O=C(NCCCOCCc1ccccc1)N1C[C@@H]2CCC[C@@]2(C(=O)O)C1. The first-order chi connectivity index (χ1) is 12.6. The number of benzene rings is 1. The molecule has 1 saturated heterocycles. The van der Waals surface area contributed by atoms with E-state index in [2.05, 4.69) is 17.4 Å². The Hall–Kier alpha value is -2.08. The Balaban J connectivity index is 1.30. The van der Waals surface area contributed by atoms with Crippen LogP contribution in [0.25, 0.3) is 0 Å². The van der Waals surface area contributed by atoms with Crippen LogP contribution in [0.1, 0.15) is 31.2 Å². The number of ether oxygens (including phenoxy) is 1. The molecule has 2 aliphatic rings. The lowest BCUT2D eigenvalue weighted by atomic mass is 9.81. The number of carbonyl (C=O) groups is 2. The van der Waals surface area contributed by atoms with Gasteiger partial charge >= 0.3 is 12.0 Å². The second kappa shape index (κ2) is 8.54. The summed E-state index contributed by atoms with van der Waals surface area (Å²) in [5, 5.41) is 12.5.